The summed E-state index contributed by atoms with van der Waals surface area (Å²) in [5.41, 5.74) is 0. The van der Waals surface area contributed by atoms with Gasteiger partial charge in [-0.1, -0.05) is 29.3 Å². The fourth-order valence-corrected chi connectivity index (χ4v) is 3.80. The quantitative estimate of drug-likeness (QED) is 0.911. The molecule has 0 amide bonds. The minimum absolute atomic E-state index is 0.154. The van der Waals surface area contributed by atoms with Gasteiger partial charge in [0.2, 0.25) is 0 Å². The Balaban J connectivity index is 1.80. The number of para-hydroxylation sites is 1. The van der Waals surface area contributed by atoms with Crippen molar-refractivity contribution in [3.63, 3.8) is 0 Å². The maximum Gasteiger partial charge on any atom is 0.156 e. The van der Waals surface area contributed by atoms with E-state index in [4.69, 9.17) is 32.7 Å². The maximum absolute atomic E-state index is 6.34. The van der Waals surface area contributed by atoms with Crippen LogP contribution in [0.15, 0.2) is 18.2 Å². The van der Waals surface area contributed by atoms with Gasteiger partial charge in [0, 0.05) is 31.6 Å². The first kappa shape index (κ1) is 15.4. The molecule has 0 aromatic heterocycles. The average molecular weight is 330 g/mol. The Bertz CT molecular complexity index is 451. The molecule has 0 saturated carbocycles. The van der Waals surface area contributed by atoms with Crippen molar-refractivity contribution in [2.45, 2.75) is 25.4 Å². The zero-order chi connectivity index (χ0) is 14.7. The highest BCUT2D eigenvalue weighted by atomic mass is 35.5. The lowest BCUT2D eigenvalue weighted by atomic mass is 9.85. The summed E-state index contributed by atoms with van der Waals surface area (Å²) in [5, 5.41) is 4.61. The largest absolute Gasteiger partial charge is 0.487 e. The molecule has 2 aliphatic heterocycles. The van der Waals surface area contributed by atoms with Crippen molar-refractivity contribution in [3.8, 4) is 5.75 Å². The molecule has 0 spiro atoms. The predicted octanol–water partition coefficient (Wildman–Crippen LogP) is 3.78. The van der Waals surface area contributed by atoms with Crippen LogP contribution >= 0.6 is 23.2 Å². The van der Waals surface area contributed by atoms with Gasteiger partial charge < -0.3 is 14.8 Å². The third-order valence-electron chi connectivity index (χ3n) is 4.47. The molecule has 3 rings (SSSR count). The highest BCUT2D eigenvalue weighted by Gasteiger charge is 2.35. The van der Waals surface area contributed by atoms with Crippen LogP contribution in [0.5, 0.6) is 5.75 Å². The Morgan fingerprint density at radius 1 is 1.10 bits per heavy atom. The van der Waals surface area contributed by atoms with Crippen LogP contribution in [0.4, 0.5) is 0 Å². The van der Waals surface area contributed by atoms with Crippen molar-refractivity contribution in [3.05, 3.63) is 28.2 Å². The van der Waals surface area contributed by atoms with Gasteiger partial charge in [-0.3, -0.25) is 0 Å². The van der Waals surface area contributed by atoms with Gasteiger partial charge >= 0.3 is 0 Å². The van der Waals surface area contributed by atoms with Gasteiger partial charge in [-0.2, -0.15) is 0 Å². The van der Waals surface area contributed by atoms with E-state index in [1.165, 1.54) is 0 Å². The molecule has 0 bridgehead atoms. The zero-order valence-corrected chi connectivity index (χ0v) is 13.5. The SMILES string of the molecule is Clc1cccc(Cl)c1OC(C1CCOCC1)[C@@H]1CCNC1. The van der Waals surface area contributed by atoms with Crippen molar-refractivity contribution >= 4 is 23.2 Å². The molecule has 0 aliphatic carbocycles. The van der Waals surface area contributed by atoms with E-state index in [9.17, 15) is 0 Å². The number of benzene rings is 1. The highest BCUT2D eigenvalue weighted by Crippen LogP contribution is 2.37. The molecule has 2 fully saturated rings. The van der Waals surface area contributed by atoms with Gasteiger partial charge in [0.25, 0.3) is 0 Å². The van der Waals surface area contributed by atoms with Gasteiger partial charge in [0.05, 0.1) is 10.0 Å². The van der Waals surface area contributed by atoms with E-state index in [1.807, 2.05) is 18.2 Å². The molecule has 116 valence electrons. The van der Waals surface area contributed by atoms with Crippen LogP contribution in [0.2, 0.25) is 10.0 Å². The molecule has 2 heterocycles. The Morgan fingerprint density at radius 2 is 1.81 bits per heavy atom. The summed E-state index contributed by atoms with van der Waals surface area (Å²) >= 11 is 12.5. The fourth-order valence-electron chi connectivity index (χ4n) is 3.31. The second kappa shape index (κ2) is 7.19. The average Bonchev–Trinajstić information content (AvgIpc) is 3.02. The number of rotatable bonds is 4. The van der Waals surface area contributed by atoms with Gasteiger partial charge in [0.1, 0.15) is 6.10 Å². The molecular weight excluding hydrogens is 309 g/mol. The molecule has 1 N–H and O–H groups in total. The molecule has 0 radical (unpaired) electrons. The fraction of sp³-hybridized carbons (Fsp3) is 0.625. The first-order valence-electron chi connectivity index (χ1n) is 7.65. The molecule has 2 aliphatic rings. The lowest BCUT2D eigenvalue weighted by Gasteiger charge is -2.34. The summed E-state index contributed by atoms with van der Waals surface area (Å²) in [7, 11) is 0. The van der Waals surface area contributed by atoms with Crippen molar-refractivity contribution in [2.75, 3.05) is 26.3 Å². The summed E-state index contributed by atoms with van der Waals surface area (Å²) in [6.45, 7) is 3.70. The van der Waals surface area contributed by atoms with Crippen LogP contribution < -0.4 is 10.1 Å². The lowest BCUT2D eigenvalue weighted by Crippen LogP contribution is -2.39. The molecule has 1 aromatic rings. The van der Waals surface area contributed by atoms with Gasteiger partial charge in [-0.05, 0) is 37.9 Å². The molecule has 21 heavy (non-hydrogen) atoms. The first-order chi connectivity index (χ1) is 10.3. The van der Waals surface area contributed by atoms with Crippen LogP contribution in [0.25, 0.3) is 0 Å². The third-order valence-corrected chi connectivity index (χ3v) is 5.06. The van der Waals surface area contributed by atoms with E-state index >= 15 is 0 Å². The summed E-state index contributed by atoms with van der Waals surface area (Å²) in [5.74, 6) is 1.65. The van der Waals surface area contributed by atoms with E-state index in [-0.39, 0.29) is 6.10 Å². The highest BCUT2D eigenvalue weighted by molar-refractivity contribution is 6.37. The molecule has 1 unspecified atom stereocenters. The van der Waals surface area contributed by atoms with Gasteiger partial charge in [-0.25, -0.2) is 0 Å². The van der Waals surface area contributed by atoms with E-state index in [0.29, 0.717) is 27.6 Å². The molecule has 2 atom stereocenters. The standard InChI is InChI=1S/C16H21Cl2NO2/c17-13-2-1-3-14(18)16(13)21-15(12-4-7-19-10-12)11-5-8-20-9-6-11/h1-3,11-12,15,19H,4-10H2/t12-,15?/m1/s1. The number of hydrogen-bond donors (Lipinski definition) is 1. The van der Waals surface area contributed by atoms with Crippen LogP contribution in [0.3, 0.4) is 0 Å². The Morgan fingerprint density at radius 3 is 2.43 bits per heavy atom. The Kier molecular flexibility index (Phi) is 5.28. The summed E-state index contributed by atoms with van der Waals surface area (Å²) < 4.78 is 11.8. The van der Waals surface area contributed by atoms with Crippen LogP contribution in [0.1, 0.15) is 19.3 Å². The van der Waals surface area contributed by atoms with Crippen LogP contribution in [0, 0.1) is 11.8 Å². The summed E-state index contributed by atoms with van der Waals surface area (Å²) in [4.78, 5) is 0. The zero-order valence-electron chi connectivity index (χ0n) is 12.0. The van der Waals surface area contributed by atoms with Crippen molar-refractivity contribution in [2.24, 2.45) is 11.8 Å². The molecule has 5 heteroatoms. The molecule has 1 aromatic carbocycles. The predicted molar refractivity (Wildman–Crippen MR) is 85.4 cm³/mol. The van der Waals surface area contributed by atoms with E-state index < -0.39 is 0 Å². The van der Waals surface area contributed by atoms with E-state index in [2.05, 4.69) is 5.32 Å². The van der Waals surface area contributed by atoms with Gasteiger partial charge in [-0.15, -0.1) is 0 Å². The number of hydrogen-bond acceptors (Lipinski definition) is 3. The lowest BCUT2D eigenvalue weighted by molar-refractivity contribution is -0.00125. The maximum atomic E-state index is 6.34. The molecule has 3 nitrogen and oxygen atoms in total. The van der Waals surface area contributed by atoms with Crippen molar-refractivity contribution in [1.29, 1.82) is 0 Å². The smallest absolute Gasteiger partial charge is 0.156 e. The van der Waals surface area contributed by atoms with E-state index in [1.54, 1.807) is 0 Å². The Hall–Kier alpha value is -0.480. The van der Waals surface area contributed by atoms with Crippen LogP contribution in [-0.2, 0) is 4.74 Å². The summed E-state index contributed by atoms with van der Waals surface area (Å²) in [6.07, 6.45) is 3.39. The minimum Gasteiger partial charge on any atom is -0.487 e. The summed E-state index contributed by atoms with van der Waals surface area (Å²) in [6, 6.07) is 5.51. The molecule has 2 saturated heterocycles. The number of halogens is 2. The topological polar surface area (TPSA) is 30.5 Å². The second-order valence-corrected chi connectivity index (χ2v) is 6.65. The van der Waals surface area contributed by atoms with Crippen molar-refractivity contribution < 1.29 is 9.47 Å². The Labute approximate surface area is 135 Å². The van der Waals surface area contributed by atoms with Gasteiger partial charge in [0.15, 0.2) is 5.75 Å². The monoisotopic (exact) mass is 329 g/mol. The first-order valence-corrected chi connectivity index (χ1v) is 8.40. The third kappa shape index (κ3) is 3.65. The van der Waals surface area contributed by atoms with Crippen LogP contribution in [-0.4, -0.2) is 32.4 Å². The van der Waals surface area contributed by atoms with Crippen molar-refractivity contribution in [1.82, 2.24) is 5.32 Å². The second-order valence-electron chi connectivity index (χ2n) is 5.84. The normalized spacial score (nSPS) is 25.0. The number of nitrogens with one attached hydrogen (secondary N) is 1. The minimum atomic E-state index is 0.154. The van der Waals surface area contributed by atoms with E-state index in [0.717, 1.165) is 45.6 Å². The molecular formula is C16H21Cl2NO2. The number of ether oxygens (including phenoxy) is 2.